The number of amides is 1. The lowest BCUT2D eigenvalue weighted by Crippen LogP contribution is -2.15. The van der Waals surface area contributed by atoms with Gasteiger partial charge < -0.3 is 14.6 Å². The van der Waals surface area contributed by atoms with Gasteiger partial charge in [0.1, 0.15) is 5.75 Å². The predicted molar refractivity (Wildman–Crippen MR) is 123 cm³/mol. The maximum Gasteiger partial charge on any atom is 0.234 e. The average Bonchev–Trinajstić information content (AvgIpc) is 3.15. The summed E-state index contributed by atoms with van der Waals surface area (Å²) < 4.78 is 7.82. The largest absolute Gasteiger partial charge is 0.455 e. The highest BCUT2D eigenvalue weighted by Gasteiger charge is 2.15. The number of nitrogens with zero attached hydrogens (tertiary/aromatic N) is 3. The first-order chi connectivity index (χ1) is 15.1. The third kappa shape index (κ3) is 4.95. The molecule has 1 amide bonds. The van der Waals surface area contributed by atoms with E-state index in [9.17, 15) is 4.79 Å². The van der Waals surface area contributed by atoms with E-state index in [1.54, 1.807) is 0 Å². The number of nitrogens with one attached hydrogen (secondary N) is 1. The molecule has 0 bridgehead atoms. The SMILES string of the molecule is Cc1ccccc1-c1nnc(SCC(=O)Nc2ccccc2Oc2ccccc2)n1C. The first-order valence-electron chi connectivity index (χ1n) is 9.82. The van der Waals surface area contributed by atoms with Gasteiger partial charge in [-0.25, -0.2) is 0 Å². The molecule has 1 heterocycles. The molecule has 0 aliphatic carbocycles. The Kier molecular flexibility index (Phi) is 6.33. The molecule has 6 nitrogen and oxygen atoms in total. The van der Waals surface area contributed by atoms with Crippen molar-refractivity contribution in [1.29, 1.82) is 0 Å². The van der Waals surface area contributed by atoms with Gasteiger partial charge in [-0.15, -0.1) is 10.2 Å². The van der Waals surface area contributed by atoms with Crippen LogP contribution in [0.2, 0.25) is 0 Å². The van der Waals surface area contributed by atoms with Crippen molar-refractivity contribution in [3.8, 4) is 22.9 Å². The van der Waals surface area contributed by atoms with Crippen LogP contribution in [-0.2, 0) is 11.8 Å². The van der Waals surface area contributed by atoms with Gasteiger partial charge in [0.25, 0.3) is 0 Å². The lowest BCUT2D eigenvalue weighted by Gasteiger charge is -2.12. The molecule has 7 heteroatoms. The molecular weight excluding hydrogens is 408 g/mol. The highest BCUT2D eigenvalue weighted by molar-refractivity contribution is 7.99. The number of carbonyl (C=O) groups excluding carboxylic acids is 1. The van der Waals surface area contributed by atoms with Gasteiger partial charge in [-0.3, -0.25) is 4.79 Å². The second-order valence-electron chi connectivity index (χ2n) is 6.93. The molecule has 4 aromatic rings. The van der Waals surface area contributed by atoms with Gasteiger partial charge in [0.05, 0.1) is 11.4 Å². The van der Waals surface area contributed by atoms with Crippen LogP contribution in [0.5, 0.6) is 11.5 Å². The van der Waals surface area contributed by atoms with Gasteiger partial charge in [-0.2, -0.15) is 0 Å². The van der Waals surface area contributed by atoms with Crippen molar-refractivity contribution in [2.45, 2.75) is 12.1 Å². The minimum atomic E-state index is -0.144. The third-order valence-corrected chi connectivity index (χ3v) is 5.71. The third-order valence-electron chi connectivity index (χ3n) is 4.69. The second kappa shape index (κ2) is 9.49. The first-order valence-corrected chi connectivity index (χ1v) is 10.8. The minimum absolute atomic E-state index is 0.144. The summed E-state index contributed by atoms with van der Waals surface area (Å²) in [6.07, 6.45) is 0. The summed E-state index contributed by atoms with van der Waals surface area (Å²) in [5, 5.41) is 12.2. The van der Waals surface area contributed by atoms with Crippen LogP contribution in [0.25, 0.3) is 11.4 Å². The molecule has 0 saturated heterocycles. The molecule has 0 spiro atoms. The van der Waals surface area contributed by atoms with Crippen LogP contribution in [0.1, 0.15) is 5.56 Å². The number of thioether (sulfide) groups is 1. The number of benzene rings is 3. The van der Waals surface area contributed by atoms with Crippen molar-refractivity contribution in [2.24, 2.45) is 7.05 Å². The van der Waals surface area contributed by atoms with Gasteiger partial charge in [0.2, 0.25) is 5.91 Å². The monoisotopic (exact) mass is 430 g/mol. The van der Waals surface area contributed by atoms with Crippen LogP contribution in [-0.4, -0.2) is 26.4 Å². The van der Waals surface area contributed by atoms with E-state index < -0.39 is 0 Å². The second-order valence-corrected chi connectivity index (χ2v) is 7.87. The molecule has 3 aromatic carbocycles. The van der Waals surface area contributed by atoms with Crippen molar-refractivity contribution in [3.05, 3.63) is 84.4 Å². The lowest BCUT2D eigenvalue weighted by atomic mass is 10.1. The summed E-state index contributed by atoms with van der Waals surface area (Å²) in [5.41, 5.74) is 2.78. The predicted octanol–water partition coefficient (Wildman–Crippen LogP) is 5.31. The Morgan fingerprint density at radius 1 is 0.968 bits per heavy atom. The number of aryl methyl sites for hydroxylation is 1. The molecule has 1 N–H and O–H groups in total. The zero-order valence-electron chi connectivity index (χ0n) is 17.3. The van der Waals surface area contributed by atoms with E-state index in [1.165, 1.54) is 11.8 Å². The number of rotatable bonds is 7. The lowest BCUT2D eigenvalue weighted by molar-refractivity contribution is -0.113. The summed E-state index contributed by atoms with van der Waals surface area (Å²) in [6.45, 7) is 2.04. The van der Waals surface area contributed by atoms with E-state index in [2.05, 4.69) is 15.5 Å². The molecule has 4 rings (SSSR count). The smallest absolute Gasteiger partial charge is 0.234 e. The van der Waals surface area contributed by atoms with Gasteiger partial charge in [-0.1, -0.05) is 66.4 Å². The Morgan fingerprint density at radius 3 is 2.48 bits per heavy atom. The summed E-state index contributed by atoms with van der Waals surface area (Å²) >= 11 is 1.34. The fraction of sp³-hybridized carbons (Fsp3) is 0.125. The van der Waals surface area contributed by atoms with Gasteiger partial charge >= 0.3 is 0 Å². The number of para-hydroxylation sites is 3. The number of carbonyl (C=O) groups is 1. The van der Waals surface area contributed by atoms with E-state index in [0.29, 0.717) is 22.3 Å². The maximum absolute atomic E-state index is 12.6. The van der Waals surface area contributed by atoms with E-state index >= 15 is 0 Å². The van der Waals surface area contributed by atoms with Crippen molar-refractivity contribution in [3.63, 3.8) is 0 Å². The van der Waals surface area contributed by atoms with E-state index in [1.807, 2.05) is 97.4 Å². The number of hydrogen-bond acceptors (Lipinski definition) is 5. The molecule has 0 fully saturated rings. The maximum atomic E-state index is 12.6. The van der Waals surface area contributed by atoms with Gasteiger partial charge in [0.15, 0.2) is 16.7 Å². The van der Waals surface area contributed by atoms with Crippen molar-refractivity contribution >= 4 is 23.4 Å². The zero-order valence-corrected chi connectivity index (χ0v) is 18.1. The highest BCUT2D eigenvalue weighted by Crippen LogP contribution is 2.30. The number of aromatic nitrogens is 3. The fourth-order valence-electron chi connectivity index (χ4n) is 3.09. The molecule has 0 saturated carbocycles. The Balaban J connectivity index is 1.41. The van der Waals surface area contributed by atoms with Crippen molar-refractivity contribution < 1.29 is 9.53 Å². The van der Waals surface area contributed by atoms with Gasteiger partial charge in [-0.05, 0) is 36.8 Å². The van der Waals surface area contributed by atoms with Crippen molar-refractivity contribution in [2.75, 3.05) is 11.1 Å². The first kappa shape index (κ1) is 20.7. The summed E-state index contributed by atoms with van der Waals surface area (Å²) in [7, 11) is 1.91. The van der Waals surface area contributed by atoms with Crippen LogP contribution in [0.15, 0.2) is 84.0 Å². The number of hydrogen-bond donors (Lipinski definition) is 1. The molecule has 0 atom stereocenters. The minimum Gasteiger partial charge on any atom is -0.455 e. The van der Waals surface area contributed by atoms with Crippen LogP contribution in [0.4, 0.5) is 5.69 Å². The molecule has 0 aliphatic rings. The average molecular weight is 431 g/mol. The van der Waals surface area contributed by atoms with Gasteiger partial charge in [0, 0.05) is 12.6 Å². The number of anilines is 1. The van der Waals surface area contributed by atoms with Crippen LogP contribution < -0.4 is 10.1 Å². The topological polar surface area (TPSA) is 69.0 Å². The quantitative estimate of drug-likeness (QED) is 0.402. The molecular formula is C24H22N4O2S. The Bertz CT molecular complexity index is 1190. The Hall–Kier alpha value is -3.58. The standard InChI is InChI=1S/C24H22N4O2S/c1-17-10-6-7-13-19(17)23-26-27-24(28(23)2)31-16-22(29)25-20-14-8-9-15-21(20)30-18-11-4-3-5-12-18/h3-15H,16H2,1-2H3,(H,25,29). The summed E-state index contributed by atoms with van der Waals surface area (Å²) in [5.74, 6) is 2.14. The van der Waals surface area contributed by atoms with E-state index in [-0.39, 0.29) is 11.7 Å². The van der Waals surface area contributed by atoms with Crippen LogP contribution in [0.3, 0.4) is 0 Å². The molecule has 31 heavy (non-hydrogen) atoms. The molecule has 0 aliphatic heterocycles. The molecule has 1 aromatic heterocycles. The van der Waals surface area contributed by atoms with Crippen LogP contribution >= 0.6 is 11.8 Å². The fourth-order valence-corrected chi connectivity index (χ4v) is 3.80. The Morgan fingerprint density at radius 2 is 1.68 bits per heavy atom. The van der Waals surface area contributed by atoms with Crippen molar-refractivity contribution in [1.82, 2.24) is 14.8 Å². The molecule has 0 unspecified atom stereocenters. The zero-order chi connectivity index (χ0) is 21.6. The summed E-state index contributed by atoms with van der Waals surface area (Å²) in [4.78, 5) is 12.6. The summed E-state index contributed by atoms with van der Waals surface area (Å²) in [6, 6.07) is 24.9. The number of ether oxygens (including phenoxy) is 1. The Labute approximate surface area is 185 Å². The molecule has 156 valence electrons. The van der Waals surface area contributed by atoms with Crippen LogP contribution in [0, 0.1) is 6.92 Å². The highest BCUT2D eigenvalue weighted by atomic mass is 32.2. The van der Waals surface area contributed by atoms with E-state index in [0.717, 1.165) is 17.0 Å². The van der Waals surface area contributed by atoms with E-state index in [4.69, 9.17) is 4.74 Å². The molecule has 0 radical (unpaired) electrons. The normalized spacial score (nSPS) is 10.6.